The van der Waals surface area contributed by atoms with Gasteiger partial charge < -0.3 is 85.6 Å². The molecule has 0 aliphatic carbocycles. The smallest absolute Gasteiger partial charge is 0.408 e. The summed E-state index contributed by atoms with van der Waals surface area (Å²) < 4.78 is 86.0. The van der Waals surface area contributed by atoms with E-state index in [4.69, 9.17) is 97.4 Å². The van der Waals surface area contributed by atoms with Crippen LogP contribution in [0.15, 0.2) is 11.2 Å². The predicted octanol–water partition coefficient (Wildman–Crippen LogP) is 5.41. The molecule has 33 heteroatoms. The number of carbonyl (C=O) groups excluding carboxylic acids is 4. The number of nitrogens with zero attached hydrogens (tertiary/aromatic N) is 5. The number of ether oxygens (including phenoxy) is 9. The molecule has 5 aliphatic heterocycles. The average Bonchev–Trinajstić information content (AvgIpc) is 3.57. The largest absolute Gasteiger partial charge is 0.444 e. The number of carbonyl (C=O) groups is 4. The first-order valence-corrected chi connectivity index (χ1v) is 29.9. The molecule has 1 aromatic heterocycles. The van der Waals surface area contributed by atoms with Gasteiger partial charge in [0.25, 0.3) is 10.1 Å². The number of nitriles is 1. The van der Waals surface area contributed by atoms with Crippen LogP contribution in [0.4, 0.5) is 23.6 Å². The van der Waals surface area contributed by atoms with Crippen molar-refractivity contribution < 1.29 is 89.0 Å². The van der Waals surface area contributed by atoms with Crippen LogP contribution in [0.5, 0.6) is 0 Å². The molecular formula is C52H90Cl2FN11O18S. The van der Waals surface area contributed by atoms with E-state index in [0.717, 1.165) is 18.7 Å². The Morgan fingerprint density at radius 2 is 1.04 bits per heavy atom. The third kappa shape index (κ3) is 37.4. The molecule has 6 heterocycles. The van der Waals surface area contributed by atoms with Gasteiger partial charge >= 0.3 is 24.4 Å². The van der Waals surface area contributed by atoms with E-state index in [1.165, 1.54) is 0 Å². The minimum atomic E-state index is -3.58. The van der Waals surface area contributed by atoms with Gasteiger partial charge in [-0.2, -0.15) is 13.7 Å². The summed E-state index contributed by atoms with van der Waals surface area (Å²) in [5, 5.41) is 40.7. The maximum absolute atomic E-state index is 12.5. The van der Waals surface area contributed by atoms with E-state index in [-0.39, 0.29) is 64.8 Å². The summed E-state index contributed by atoms with van der Waals surface area (Å²) in [5.41, 5.74) is 17.5. The number of aliphatic hydroxyl groups excluding tert-OH is 2. The Hall–Kier alpha value is -4.91. The Labute approximate surface area is 507 Å². The van der Waals surface area contributed by atoms with Crippen LogP contribution in [-0.4, -0.2) is 203 Å². The number of pyridine rings is 1. The first kappa shape index (κ1) is 78.1. The minimum absolute atomic E-state index is 0.0198. The molecule has 5 aliphatic rings. The van der Waals surface area contributed by atoms with Gasteiger partial charge in [-0.1, -0.05) is 28.3 Å². The molecule has 0 saturated carbocycles. The molecule has 1 aromatic rings. The summed E-state index contributed by atoms with van der Waals surface area (Å²) >= 11 is 10.7. The van der Waals surface area contributed by atoms with E-state index < -0.39 is 81.0 Å². The van der Waals surface area contributed by atoms with Crippen molar-refractivity contribution in [2.45, 2.75) is 198 Å². The molecule has 0 unspecified atom stereocenters. The number of rotatable bonds is 7. The number of aromatic nitrogens is 1. The van der Waals surface area contributed by atoms with Crippen molar-refractivity contribution >= 4 is 57.7 Å². The number of hydrogen-bond donors (Lipinski definition) is 8. The van der Waals surface area contributed by atoms with Crippen LogP contribution < -0.4 is 32.7 Å². The fourth-order valence-corrected chi connectivity index (χ4v) is 8.18. The minimum Gasteiger partial charge on any atom is -0.444 e. The van der Waals surface area contributed by atoms with Gasteiger partial charge in [-0.15, -0.1) is 0 Å². The standard InChI is InChI=1S/C11H21NO6S.C10H18N4O3.C10H20N2O3.C10H19NO4.C6HCl2FN2.C5H11NO2/c1-11(2,3)17-10(13)12-8-7-16-6-5-9(8)18-19(4,14)15;1-10(2,3)17-9(15)12-8-6-16-5-4-7(8)13-14-11;1-10(2,3)15-9(13)12-8-6-14-5-4-7(8)11;1-10(2,3)15-9(13)11-7-6-14-5-4-8(7)12;7-5-3(2-10)1-4(9)6(8)11-5;6-4-3-8-2-1-5(4)7/h8-9H,5-7H2,1-4H3,(H,12,13);7-8H,4-6H2,1-3H3,(H,12,15);7-8H,4-6,11H2,1-3H3,(H,12,13);7-8,12H,4-6H2,1-3H3,(H,11,13);1H;4-5,7H,1-3,6H2/t8-,9-;2*7-,8+;7-,8-;;4-,5-/m0110.0/s1. The van der Waals surface area contributed by atoms with Crippen molar-refractivity contribution in [2.75, 3.05) is 72.3 Å². The maximum Gasteiger partial charge on any atom is 0.408 e. The Morgan fingerprint density at radius 1 is 0.647 bits per heavy atom. The molecule has 4 amide bonds. The van der Waals surface area contributed by atoms with E-state index in [1.54, 1.807) is 68.4 Å². The number of azide groups is 1. The van der Waals surface area contributed by atoms with E-state index >= 15 is 0 Å². The second kappa shape index (κ2) is 37.7. The van der Waals surface area contributed by atoms with Crippen LogP contribution in [0, 0.1) is 17.1 Å². The van der Waals surface area contributed by atoms with Gasteiger partial charge in [-0.3, -0.25) is 4.18 Å². The molecule has 0 bridgehead atoms. The number of nitrogens with one attached hydrogen (secondary N) is 4. The molecule has 10 atom stereocenters. The molecule has 0 aromatic carbocycles. The monoisotopic (exact) mass is 1280 g/mol. The van der Waals surface area contributed by atoms with Crippen LogP contribution in [0.3, 0.4) is 0 Å². The zero-order chi connectivity index (χ0) is 64.9. The van der Waals surface area contributed by atoms with Crippen LogP contribution >= 0.6 is 23.2 Å². The molecule has 6 rings (SSSR count). The summed E-state index contributed by atoms with van der Waals surface area (Å²) in [7, 11) is -3.58. The topological polar surface area (TPSA) is 421 Å². The molecule has 0 spiro atoms. The number of halogens is 3. The normalized spacial score (nSPS) is 25.0. The molecule has 488 valence electrons. The highest BCUT2D eigenvalue weighted by atomic mass is 35.5. The molecule has 0 radical (unpaired) electrons. The Kier molecular flexibility index (Phi) is 34.7. The Balaban J connectivity index is 0.000000518. The lowest BCUT2D eigenvalue weighted by Gasteiger charge is -2.31. The quantitative estimate of drug-likeness (QED) is 0.0422. The first-order valence-electron chi connectivity index (χ1n) is 27.3. The highest BCUT2D eigenvalue weighted by Crippen LogP contribution is 2.20. The second-order valence-electron chi connectivity index (χ2n) is 23.6. The number of hydrogen-bond acceptors (Lipinski definition) is 23. The highest BCUT2D eigenvalue weighted by molar-refractivity contribution is 7.86. The van der Waals surface area contributed by atoms with Crippen molar-refractivity contribution in [3.05, 3.63) is 38.2 Å². The van der Waals surface area contributed by atoms with Crippen molar-refractivity contribution in [3.8, 4) is 6.07 Å². The molecule has 5 fully saturated rings. The second-order valence-corrected chi connectivity index (χ2v) is 25.9. The number of amides is 4. The first-order chi connectivity index (χ1) is 39.2. The van der Waals surface area contributed by atoms with Crippen LogP contribution in [0.2, 0.25) is 10.3 Å². The summed E-state index contributed by atoms with van der Waals surface area (Å²) in [6.07, 6.45) is 0.348. The van der Waals surface area contributed by atoms with Gasteiger partial charge in [0.2, 0.25) is 0 Å². The predicted molar refractivity (Wildman–Crippen MR) is 309 cm³/mol. The van der Waals surface area contributed by atoms with E-state index in [1.807, 2.05) is 20.8 Å². The lowest BCUT2D eigenvalue weighted by molar-refractivity contribution is -0.0211. The van der Waals surface area contributed by atoms with Gasteiger partial charge in [0.1, 0.15) is 39.7 Å². The fraction of sp³-hybridized carbons (Fsp3) is 0.808. The summed E-state index contributed by atoms with van der Waals surface area (Å²) in [6.45, 7) is 26.0. The molecule has 5 saturated heterocycles. The van der Waals surface area contributed by atoms with E-state index in [9.17, 15) is 37.1 Å². The van der Waals surface area contributed by atoms with Crippen LogP contribution in [0.1, 0.15) is 121 Å². The van der Waals surface area contributed by atoms with Crippen LogP contribution in [-0.2, 0) is 56.9 Å². The zero-order valence-electron chi connectivity index (χ0n) is 50.8. The van der Waals surface area contributed by atoms with Crippen molar-refractivity contribution in [3.63, 3.8) is 0 Å². The summed E-state index contributed by atoms with van der Waals surface area (Å²) in [4.78, 5) is 52.1. The molecule has 10 N–H and O–H groups in total. The van der Waals surface area contributed by atoms with E-state index in [2.05, 4.69) is 36.3 Å². The summed E-state index contributed by atoms with van der Waals surface area (Å²) in [5.74, 6) is -0.743. The van der Waals surface area contributed by atoms with E-state index in [0.29, 0.717) is 85.1 Å². The molecular weight excluding hydrogens is 1190 g/mol. The van der Waals surface area contributed by atoms with Gasteiger partial charge in [-0.25, -0.2) is 28.6 Å². The third-order valence-electron chi connectivity index (χ3n) is 11.0. The van der Waals surface area contributed by atoms with Gasteiger partial charge in [-0.05, 0) is 120 Å². The zero-order valence-corrected chi connectivity index (χ0v) is 53.1. The van der Waals surface area contributed by atoms with Gasteiger partial charge in [0, 0.05) is 50.4 Å². The molecule has 29 nitrogen and oxygen atoms in total. The Bertz CT molecular complexity index is 2360. The fourth-order valence-electron chi connectivity index (χ4n) is 7.14. The molecule has 85 heavy (non-hydrogen) atoms. The number of alkyl carbamates (subject to hydrolysis) is 4. The Morgan fingerprint density at radius 3 is 1.45 bits per heavy atom. The SMILES string of the molecule is CC(C)(C)OC(=O)N[C@H]1COCC[C@@H]1O.CC(C)(C)OC(=O)N[C@H]1COCC[C@@H]1OS(C)(=O)=O.CC(C)(C)OC(=O)N[C@H]1COCC[C@H]1N.CC(C)(C)OC(=O)N[C@H]1COCC[C@H]1N=[N+]=[N-].N#Cc1cc(F)c(Cl)nc1Cl.N[C@H]1COCC[C@@H]1O. The van der Waals surface area contributed by atoms with Crippen molar-refractivity contribution in [1.82, 2.24) is 26.3 Å². The van der Waals surface area contributed by atoms with Crippen molar-refractivity contribution in [1.29, 1.82) is 5.26 Å². The summed E-state index contributed by atoms with van der Waals surface area (Å²) in [6, 6.07) is 0.743. The maximum atomic E-state index is 12.5. The van der Waals surface area contributed by atoms with Crippen LogP contribution in [0.25, 0.3) is 10.4 Å². The van der Waals surface area contributed by atoms with Gasteiger partial charge in [0.15, 0.2) is 11.0 Å². The van der Waals surface area contributed by atoms with Gasteiger partial charge in [0.05, 0.1) is 93.3 Å². The highest BCUT2D eigenvalue weighted by Gasteiger charge is 2.33. The lowest BCUT2D eigenvalue weighted by Crippen LogP contribution is -2.54. The number of aliphatic hydroxyl groups is 2. The lowest BCUT2D eigenvalue weighted by atomic mass is 10.1. The average molecular weight is 1280 g/mol. The number of nitrogens with two attached hydrogens (primary N) is 2. The third-order valence-corrected chi connectivity index (χ3v) is 12.2. The van der Waals surface area contributed by atoms with Crippen molar-refractivity contribution in [2.24, 2.45) is 16.6 Å².